The van der Waals surface area contributed by atoms with E-state index in [1.54, 1.807) is 12.0 Å². The molecule has 3 rings (SSSR count). The van der Waals surface area contributed by atoms with Gasteiger partial charge in [0.25, 0.3) is 0 Å². The normalized spacial score (nSPS) is 13.8. The Labute approximate surface area is 198 Å². The number of amides is 2. The Morgan fingerprint density at radius 3 is 2.48 bits per heavy atom. The second kappa shape index (κ2) is 10.4. The van der Waals surface area contributed by atoms with Gasteiger partial charge in [0.1, 0.15) is 5.75 Å². The molecule has 1 aliphatic carbocycles. The van der Waals surface area contributed by atoms with E-state index in [1.807, 2.05) is 35.4 Å². The molecular formula is C27H39N3O3. The van der Waals surface area contributed by atoms with Crippen molar-refractivity contribution in [3.8, 4) is 5.75 Å². The summed E-state index contributed by atoms with van der Waals surface area (Å²) < 4.78 is 7.52. The zero-order chi connectivity index (χ0) is 24.2. The number of methoxy groups -OCH3 is 1. The Morgan fingerprint density at radius 2 is 1.88 bits per heavy atom. The van der Waals surface area contributed by atoms with Crippen LogP contribution in [0.3, 0.4) is 0 Å². The van der Waals surface area contributed by atoms with Gasteiger partial charge < -0.3 is 19.1 Å². The highest BCUT2D eigenvalue weighted by atomic mass is 16.5. The van der Waals surface area contributed by atoms with E-state index >= 15 is 0 Å². The van der Waals surface area contributed by atoms with Gasteiger partial charge in [0.2, 0.25) is 11.8 Å². The molecule has 0 N–H and O–H groups in total. The summed E-state index contributed by atoms with van der Waals surface area (Å²) in [6.07, 6.45) is 3.94. The molecule has 1 aromatic heterocycles. The van der Waals surface area contributed by atoms with E-state index in [0.29, 0.717) is 25.6 Å². The van der Waals surface area contributed by atoms with Crippen molar-refractivity contribution in [2.45, 2.75) is 66.1 Å². The molecule has 0 aliphatic heterocycles. The van der Waals surface area contributed by atoms with Gasteiger partial charge in [-0.3, -0.25) is 9.59 Å². The Morgan fingerprint density at radius 1 is 1.15 bits per heavy atom. The number of ether oxygens (including phenoxy) is 1. The summed E-state index contributed by atoms with van der Waals surface area (Å²) in [5.41, 5.74) is 1.83. The third kappa shape index (κ3) is 6.86. The maximum absolute atomic E-state index is 13.5. The fourth-order valence-corrected chi connectivity index (χ4v) is 4.09. The van der Waals surface area contributed by atoms with Crippen LogP contribution < -0.4 is 4.74 Å². The molecule has 2 amide bonds. The largest absolute Gasteiger partial charge is 0.497 e. The van der Waals surface area contributed by atoms with Crippen LogP contribution in [0.4, 0.5) is 0 Å². The van der Waals surface area contributed by atoms with Gasteiger partial charge in [-0.2, -0.15) is 0 Å². The van der Waals surface area contributed by atoms with E-state index in [2.05, 4.69) is 51.3 Å². The molecule has 1 fully saturated rings. The van der Waals surface area contributed by atoms with Gasteiger partial charge in [-0.15, -0.1) is 0 Å². The number of nitrogens with zero attached hydrogens (tertiary/aromatic N) is 3. The number of carbonyl (C=O) groups is 2. The van der Waals surface area contributed by atoms with Crippen molar-refractivity contribution >= 4 is 11.8 Å². The summed E-state index contributed by atoms with van der Waals surface area (Å²) in [6, 6.07) is 12.1. The van der Waals surface area contributed by atoms with Crippen LogP contribution in [0.2, 0.25) is 0 Å². The van der Waals surface area contributed by atoms with E-state index in [1.165, 1.54) is 0 Å². The minimum atomic E-state index is -0.367. The van der Waals surface area contributed by atoms with Gasteiger partial charge in [0.15, 0.2) is 0 Å². The highest BCUT2D eigenvalue weighted by Gasteiger charge is 2.36. The summed E-state index contributed by atoms with van der Waals surface area (Å²) in [4.78, 5) is 30.0. The fraction of sp³-hybridized carbons (Fsp3) is 0.556. The third-order valence-electron chi connectivity index (χ3n) is 5.99. The summed E-state index contributed by atoms with van der Waals surface area (Å²) in [5.74, 6) is 1.39. The van der Waals surface area contributed by atoms with Crippen LogP contribution in [-0.4, -0.2) is 51.9 Å². The molecule has 1 aliphatic rings. The van der Waals surface area contributed by atoms with E-state index in [0.717, 1.165) is 29.8 Å². The molecule has 1 heterocycles. The van der Waals surface area contributed by atoms with E-state index in [4.69, 9.17) is 4.74 Å². The van der Waals surface area contributed by atoms with Crippen molar-refractivity contribution < 1.29 is 14.3 Å². The molecule has 6 nitrogen and oxygen atoms in total. The molecule has 6 heteroatoms. The SMILES string of the molecule is COc1cccc(Cn2cccc2CN(C(=O)CN(CC(C)C)C(=O)C2CC2)C(C)(C)C)c1. The first-order chi connectivity index (χ1) is 15.6. The molecule has 0 bridgehead atoms. The van der Waals surface area contributed by atoms with Crippen molar-refractivity contribution in [3.05, 3.63) is 53.9 Å². The number of rotatable bonds is 10. The highest BCUT2D eigenvalue weighted by Crippen LogP contribution is 2.31. The summed E-state index contributed by atoms with van der Waals surface area (Å²) in [5, 5.41) is 0. The van der Waals surface area contributed by atoms with Gasteiger partial charge in [0, 0.05) is 36.4 Å². The van der Waals surface area contributed by atoms with Gasteiger partial charge in [-0.25, -0.2) is 0 Å². The minimum Gasteiger partial charge on any atom is -0.497 e. The monoisotopic (exact) mass is 453 g/mol. The van der Waals surface area contributed by atoms with E-state index < -0.39 is 0 Å². The minimum absolute atomic E-state index is 0.00807. The molecule has 33 heavy (non-hydrogen) atoms. The lowest BCUT2D eigenvalue weighted by atomic mass is 10.0. The van der Waals surface area contributed by atoms with Gasteiger partial charge >= 0.3 is 0 Å². The van der Waals surface area contributed by atoms with Crippen LogP contribution in [-0.2, 0) is 22.7 Å². The van der Waals surface area contributed by atoms with Crippen molar-refractivity contribution in [3.63, 3.8) is 0 Å². The van der Waals surface area contributed by atoms with Crippen LogP contribution in [0, 0.1) is 11.8 Å². The van der Waals surface area contributed by atoms with Crippen LogP contribution in [0.15, 0.2) is 42.6 Å². The second-order valence-corrected chi connectivity index (χ2v) is 10.5. The number of hydrogen-bond donors (Lipinski definition) is 0. The Hall–Kier alpha value is -2.76. The molecular weight excluding hydrogens is 414 g/mol. The zero-order valence-corrected chi connectivity index (χ0v) is 21.0. The van der Waals surface area contributed by atoms with E-state index in [9.17, 15) is 9.59 Å². The van der Waals surface area contributed by atoms with Crippen LogP contribution in [0.5, 0.6) is 5.75 Å². The first kappa shape index (κ1) is 24.9. The standard InChI is InChI=1S/C27H39N3O3/c1-20(2)16-29(26(32)22-12-13-22)19-25(31)30(27(3,4)5)18-23-10-8-14-28(23)17-21-9-7-11-24(15-21)33-6/h7-11,14-15,20,22H,12-13,16-19H2,1-6H3. The Bertz CT molecular complexity index is 954. The molecule has 1 saturated carbocycles. The van der Waals surface area contributed by atoms with Gasteiger partial charge in [-0.1, -0.05) is 26.0 Å². The van der Waals surface area contributed by atoms with Crippen LogP contribution in [0.1, 0.15) is 58.7 Å². The third-order valence-corrected chi connectivity index (χ3v) is 5.99. The summed E-state index contributed by atoms with van der Waals surface area (Å²) in [6.45, 7) is 12.3. The Balaban J connectivity index is 1.76. The van der Waals surface area contributed by atoms with Crippen molar-refractivity contribution in [2.75, 3.05) is 20.2 Å². The predicted octanol–water partition coefficient (Wildman–Crippen LogP) is 4.57. The molecule has 180 valence electrons. The summed E-state index contributed by atoms with van der Waals surface area (Å²) in [7, 11) is 1.67. The quantitative estimate of drug-likeness (QED) is 0.530. The number of aromatic nitrogens is 1. The number of benzene rings is 1. The fourth-order valence-electron chi connectivity index (χ4n) is 4.09. The lowest BCUT2D eigenvalue weighted by molar-refractivity contribution is -0.145. The van der Waals surface area contributed by atoms with Crippen LogP contribution in [0.25, 0.3) is 0 Å². The molecule has 0 atom stereocenters. The number of carbonyl (C=O) groups excluding carboxylic acids is 2. The molecule has 0 spiro atoms. The maximum atomic E-state index is 13.5. The highest BCUT2D eigenvalue weighted by molar-refractivity contribution is 5.87. The average molecular weight is 454 g/mol. The average Bonchev–Trinajstić information content (AvgIpc) is 3.50. The summed E-state index contributed by atoms with van der Waals surface area (Å²) >= 11 is 0. The Kier molecular flexibility index (Phi) is 7.88. The van der Waals surface area contributed by atoms with Gasteiger partial charge in [-0.05, 0) is 69.4 Å². The lowest BCUT2D eigenvalue weighted by Gasteiger charge is -2.38. The van der Waals surface area contributed by atoms with Crippen molar-refractivity contribution in [1.29, 1.82) is 0 Å². The zero-order valence-electron chi connectivity index (χ0n) is 21.0. The second-order valence-electron chi connectivity index (χ2n) is 10.5. The molecule has 2 aromatic rings. The topological polar surface area (TPSA) is 54.8 Å². The maximum Gasteiger partial charge on any atom is 0.242 e. The predicted molar refractivity (Wildman–Crippen MR) is 131 cm³/mol. The van der Waals surface area contributed by atoms with Crippen LogP contribution >= 0.6 is 0 Å². The lowest BCUT2D eigenvalue weighted by Crippen LogP contribution is -2.51. The van der Waals surface area contributed by atoms with Crippen molar-refractivity contribution in [1.82, 2.24) is 14.4 Å². The smallest absolute Gasteiger partial charge is 0.242 e. The molecule has 0 saturated heterocycles. The van der Waals surface area contributed by atoms with Gasteiger partial charge in [0.05, 0.1) is 20.2 Å². The van der Waals surface area contributed by atoms with E-state index in [-0.39, 0.29) is 29.8 Å². The first-order valence-electron chi connectivity index (χ1n) is 11.9. The molecule has 1 aromatic carbocycles. The molecule has 0 unspecified atom stereocenters. The molecule has 0 radical (unpaired) electrons. The first-order valence-corrected chi connectivity index (χ1v) is 11.9. The van der Waals surface area contributed by atoms with Crippen molar-refractivity contribution in [2.24, 2.45) is 11.8 Å². The number of hydrogen-bond acceptors (Lipinski definition) is 3.